The van der Waals surface area contributed by atoms with Crippen molar-refractivity contribution >= 4 is 5.78 Å². The zero-order chi connectivity index (χ0) is 9.14. The van der Waals surface area contributed by atoms with Gasteiger partial charge in [-0.3, -0.25) is 4.79 Å². The minimum atomic E-state index is 0.278. The molecule has 0 fully saturated rings. The van der Waals surface area contributed by atoms with E-state index in [1.807, 2.05) is 0 Å². The molecule has 3 unspecified atom stereocenters. The molecule has 0 aromatic rings. The molecule has 0 amide bonds. The molecule has 0 radical (unpaired) electrons. The smallest absolute Gasteiger partial charge is 0.158 e. The van der Waals surface area contributed by atoms with E-state index in [0.717, 1.165) is 12.8 Å². The van der Waals surface area contributed by atoms with E-state index in [1.54, 1.807) is 6.08 Å². The number of ketones is 1. The monoisotopic (exact) mass is 166 g/mol. The van der Waals surface area contributed by atoms with Crippen LogP contribution in [-0.2, 0) is 4.79 Å². The summed E-state index contributed by atoms with van der Waals surface area (Å²) in [5.74, 6) is 1.76. The molecule has 0 aromatic carbocycles. The Morgan fingerprint density at radius 3 is 2.50 bits per heavy atom. The number of hydrogen-bond donors (Lipinski definition) is 0. The first-order valence-corrected chi connectivity index (χ1v) is 4.92. The van der Waals surface area contributed by atoms with Gasteiger partial charge in [-0.1, -0.05) is 26.8 Å². The lowest BCUT2D eigenvalue weighted by Crippen LogP contribution is -2.28. The zero-order valence-electron chi connectivity index (χ0n) is 8.21. The highest BCUT2D eigenvalue weighted by molar-refractivity contribution is 5.92. The number of allylic oxidation sites excluding steroid dienone is 2. The van der Waals surface area contributed by atoms with Gasteiger partial charge in [-0.05, 0) is 30.8 Å². The maximum atomic E-state index is 11.4. The molecular weight excluding hydrogens is 148 g/mol. The van der Waals surface area contributed by atoms with Crippen molar-refractivity contribution in [1.82, 2.24) is 0 Å². The van der Waals surface area contributed by atoms with Gasteiger partial charge in [0.15, 0.2) is 5.78 Å². The van der Waals surface area contributed by atoms with Crippen LogP contribution in [-0.4, -0.2) is 5.78 Å². The first-order chi connectivity index (χ1) is 5.70. The van der Waals surface area contributed by atoms with Gasteiger partial charge >= 0.3 is 0 Å². The van der Waals surface area contributed by atoms with Gasteiger partial charge in [-0.25, -0.2) is 0 Å². The van der Waals surface area contributed by atoms with Crippen molar-refractivity contribution in [3.63, 3.8) is 0 Å². The van der Waals surface area contributed by atoms with E-state index in [0.29, 0.717) is 17.6 Å². The molecule has 1 nitrogen and oxygen atoms in total. The summed E-state index contributed by atoms with van der Waals surface area (Å²) in [7, 11) is 0. The molecule has 0 saturated heterocycles. The highest BCUT2D eigenvalue weighted by Gasteiger charge is 2.29. The van der Waals surface area contributed by atoms with Crippen molar-refractivity contribution in [2.45, 2.75) is 33.6 Å². The fourth-order valence-corrected chi connectivity index (χ4v) is 2.16. The van der Waals surface area contributed by atoms with E-state index in [1.165, 1.54) is 0 Å². The third kappa shape index (κ3) is 1.60. The average Bonchev–Trinajstić information content (AvgIpc) is 2.06. The lowest BCUT2D eigenvalue weighted by molar-refractivity contribution is -0.120. The highest BCUT2D eigenvalue weighted by atomic mass is 16.1. The highest BCUT2D eigenvalue weighted by Crippen LogP contribution is 2.31. The van der Waals surface area contributed by atoms with E-state index in [2.05, 4.69) is 26.8 Å². The van der Waals surface area contributed by atoms with Crippen LogP contribution in [0, 0.1) is 17.8 Å². The first kappa shape index (κ1) is 9.50. The number of carbonyl (C=O) groups is 1. The largest absolute Gasteiger partial charge is 0.295 e. The Kier molecular flexibility index (Phi) is 3.07. The first-order valence-electron chi connectivity index (χ1n) is 4.92. The maximum absolute atomic E-state index is 11.4. The topological polar surface area (TPSA) is 17.1 Å². The number of hydrogen-bond acceptors (Lipinski definition) is 1. The van der Waals surface area contributed by atoms with Crippen molar-refractivity contribution in [2.75, 3.05) is 0 Å². The maximum Gasteiger partial charge on any atom is 0.158 e. The molecule has 1 rings (SSSR count). The van der Waals surface area contributed by atoms with Gasteiger partial charge in [-0.2, -0.15) is 0 Å². The van der Waals surface area contributed by atoms with Crippen LogP contribution in [0.15, 0.2) is 12.2 Å². The molecule has 1 heteroatoms. The summed E-state index contributed by atoms with van der Waals surface area (Å²) in [6.07, 6.45) is 6.00. The Bertz CT molecular complexity index is 193. The molecule has 68 valence electrons. The summed E-state index contributed by atoms with van der Waals surface area (Å²) in [5, 5.41) is 0. The van der Waals surface area contributed by atoms with Crippen LogP contribution in [0.2, 0.25) is 0 Å². The molecule has 0 aliphatic heterocycles. The van der Waals surface area contributed by atoms with Crippen LogP contribution in [0.3, 0.4) is 0 Å². The zero-order valence-corrected chi connectivity index (χ0v) is 8.21. The SMILES string of the molecule is CCC1C=CC(=O)C(CC)C1C. The molecule has 0 aromatic heterocycles. The molecule has 12 heavy (non-hydrogen) atoms. The molecule has 1 aliphatic rings. The molecule has 0 bridgehead atoms. The summed E-state index contributed by atoms with van der Waals surface area (Å²) in [5.41, 5.74) is 0. The quantitative estimate of drug-likeness (QED) is 0.616. The molecule has 0 spiro atoms. The second-order valence-corrected chi connectivity index (χ2v) is 3.71. The van der Waals surface area contributed by atoms with Crippen molar-refractivity contribution in [2.24, 2.45) is 17.8 Å². The molecule has 1 aliphatic carbocycles. The standard InChI is InChI=1S/C11H18O/c1-4-9-6-7-11(12)10(5-2)8(9)3/h6-10H,4-5H2,1-3H3. The average molecular weight is 166 g/mol. The van der Waals surface area contributed by atoms with E-state index < -0.39 is 0 Å². The molecular formula is C11H18O. The number of carbonyl (C=O) groups excluding carboxylic acids is 1. The summed E-state index contributed by atoms with van der Waals surface area (Å²) in [6.45, 7) is 6.49. The van der Waals surface area contributed by atoms with Gasteiger partial charge in [0.25, 0.3) is 0 Å². The lowest BCUT2D eigenvalue weighted by atomic mass is 9.74. The third-order valence-corrected chi connectivity index (χ3v) is 3.09. The van der Waals surface area contributed by atoms with Crippen LogP contribution in [0.4, 0.5) is 0 Å². The molecule has 0 saturated carbocycles. The van der Waals surface area contributed by atoms with Crippen molar-refractivity contribution < 1.29 is 4.79 Å². The summed E-state index contributed by atoms with van der Waals surface area (Å²) < 4.78 is 0. The summed E-state index contributed by atoms with van der Waals surface area (Å²) in [4.78, 5) is 11.4. The van der Waals surface area contributed by atoms with E-state index in [4.69, 9.17) is 0 Å². The minimum Gasteiger partial charge on any atom is -0.295 e. The van der Waals surface area contributed by atoms with Crippen LogP contribution < -0.4 is 0 Å². The fourth-order valence-electron chi connectivity index (χ4n) is 2.16. The van der Waals surface area contributed by atoms with Crippen LogP contribution in [0.25, 0.3) is 0 Å². The molecule has 3 atom stereocenters. The van der Waals surface area contributed by atoms with Crippen molar-refractivity contribution in [3.05, 3.63) is 12.2 Å². The normalized spacial score (nSPS) is 35.6. The summed E-state index contributed by atoms with van der Waals surface area (Å²) in [6, 6.07) is 0. The van der Waals surface area contributed by atoms with Crippen LogP contribution in [0.1, 0.15) is 33.6 Å². The second kappa shape index (κ2) is 3.88. The fraction of sp³-hybridized carbons (Fsp3) is 0.727. The Morgan fingerprint density at radius 1 is 1.33 bits per heavy atom. The summed E-state index contributed by atoms with van der Waals surface area (Å²) >= 11 is 0. The Morgan fingerprint density at radius 2 is 2.00 bits per heavy atom. The van der Waals surface area contributed by atoms with Crippen molar-refractivity contribution in [1.29, 1.82) is 0 Å². The Labute approximate surface area is 74.9 Å². The van der Waals surface area contributed by atoms with Gasteiger partial charge in [0.2, 0.25) is 0 Å². The van der Waals surface area contributed by atoms with Crippen LogP contribution in [0.5, 0.6) is 0 Å². The van der Waals surface area contributed by atoms with Gasteiger partial charge in [0, 0.05) is 5.92 Å². The van der Waals surface area contributed by atoms with Gasteiger partial charge in [0.1, 0.15) is 0 Å². The molecule has 0 N–H and O–H groups in total. The number of rotatable bonds is 2. The van der Waals surface area contributed by atoms with Crippen molar-refractivity contribution in [3.8, 4) is 0 Å². The lowest BCUT2D eigenvalue weighted by Gasteiger charge is -2.29. The van der Waals surface area contributed by atoms with Gasteiger partial charge in [0.05, 0.1) is 0 Å². The third-order valence-electron chi connectivity index (χ3n) is 3.09. The van der Waals surface area contributed by atoms with Gasteiger partial charge < -0.3 is 0 Å². The Hall–Kier alpha value is -0.590. The van der Waals surface area contributed by atoms with E-state index >= 15 is 0 Å². The van der Waals surface area contributed by atoms with E-state index in [-0.39, 0.29) is 5.92 Å². The molecule has 0 heterocycles. The predicted octanol–water partition coefficient (Wildman–Crippen LogP) is 2.81. The second-order valence-electron chi connectivity index (χ2n) is 3.71. The minimum absolute atomic E-state index is 0.278. The van der Waals surface area contributed by atoms with E-state index in [9.17, 15) is 4.79 Å². The Balaban J connectivity index is 2.77. The van der Waals surface area contributed by atoms with Crippen LogP contribution >= 0.6 is 0 Å². The van der Waals surface area contributed by atoms with Gasteiger partial charge in [-0.15, -0.1) is 0 Å². The predicted molar refractivity (Wildman–Crippen MR) is 50.9 cm³/mol.